The molecule has 0 aromatic carbocycles. The van der Waals surface area contributed by atoms with E-state index in [9.17, 15) is 9.59 Å². The average Bonchev–Trinajstić information content (AvgIpc) is 3.27. The number of hydrogen-bond acceptors (Lipinski definition) is 8. The first-order valence-corrected chi connectivity index (χ1v) is 9.17. The summed E-state index contributed by atoms with van der Waals surface area (Å²) in [5, 5.41) is 16.9. The van der Waals surface area contributed by atoms with E-state index in [2.05, 4.69) is 20.8 Å². The summed E-state index contributed by atoms with van der Waals surface area (Å²) in [6.07, 6.45) is 2.14. The molecule has 3 heterocycles. The van der Waals surface area contributed by atoms with Gasteiger partial charge in [-0.2, -0.15) is 0 Å². The van der Waals surface area contributed by atoms with Gasteiger partial charge in [0.15, 0.2) is 0 Å². The minimum absolute atomic E-state index is 0.117. The van der Waals surface area contributed by atoms with Crippen LogP contribution in [0.1, 0.15) is 23.2 Å². The first-order chi connectivity index (χ1) is 11.6. The van der Waals surface area contributed by atoms with Gasteiger partial charge in [0.25, 0.3) is 5.91 Å². The van der Waals surface area contributed by atoms with Gasteiger partial charge in [-0.05, 0) is 34.7 Å². The number of primary amides is 1. The van der Waals surface area contributed by atoms with Gasteiger partial charge in [0.05, 0.1) is 24.0 Å². The van der Waals surface area contributed by atoms with Crippen LogP contribution in [-0.4, -0.2) is 50.5 Å². The minimum Gasteiger partial charge on any atom is -0.376 e. The average molecular weight is 368 g/mol. The van der Waals surface area contributed by atoms with Crippen LogP contribution < -0.4 is 11.1 Å². The van der Waals surface area contributed by atoms with Crippen molar-refractivity contribution in [2.45, 2.75) is 30.6 Å². The fourth-order valence-electron chi connectivity index (χ4n) is 2.29. The summed E-state index contributed by atoms with van der Waals surface area (Å²) in [6, 6.07) is 1.58. The number of rotatable bonds is 7. The molecule has 2 aromatic rings. The van der Waals surface area contributed by atoms with Gasteiger partial charge in [0.2, 0.25) is 11.1 Å². The number of nitrogens with two attached hydrogens (primary N) is 1. The Morgan fingerprint density at radius 1 is 1.54 bits per heavy atom. The highest BCUT2D eigenvalue weighted by atomic mass is 32.2. The van der Waals surface area contributed by atoms with Crippen LogP contribution in [0.4, 0.5) is 5.00 Å². The van der Waals surface area contributed by atoms with Crippen molar-refractivity contribution in [1.82, 2.24) is 20.2 Å². The van der Waals surface area contributed by atoms with Crippen LogP contribution in [0.3, 0.4) is 0 Å². The molecule has 0 spiro atoms. The number of amides is 2. The summed E-state index contributed by atoms with van der Waals surface area (Å²) < 4.78 is 7.21. The van der Waals surface area contributed by atoms with Crippen LogP contribution >= 0.6 is 23.1 Å². The van der Waals surface area contributed by atoms with Gasteiger partial charge in [-0.3, -0.25) is 9.59 Å². The van der Waals surface area contributed by atoms with Gasteiger partial charge in [-0.15, -0.1) is 16.4 Å². The lowest BCUT2D eigenvalue weighted by Gasteiger charge is -2.10. The number of anilines is 1. The number of aromatic nitrogens is 4. The van der Waals surface area contributed by atoms with E-state index in [0.29, 0.717) is 22.3 Å². The van der Waals surface area contributed by atoms with Crippen molar-refractivity contribution in [3.63, 3.8) is 0 Å². The molecule has 0 aliphatic carbocycles. The van der Waals surface area contributed by atoms with Crippen molar-refractivity contribution in [1.29, 1.82) is 0 Å². The monoisotopic (exact) mass is 368 g/mol. The third-order valence-electron chi connectivity index (χ3n) is 3.42. The maximum absolute atomic E-state index is 12.1. The number of carbonyl (C=O) groups is 2. The zero-order valence-corrected chi connectivity index (χ0v) is 14.3. The quantitative estimate of drug-likeness (QED) is 0.691. The van der Waals surface area contributed by atoms with Gasteiger partial charge in [0.1, 0.15) is 5.00 Å². The molecule has 128 valence electrons. The van der Waals surface area contributed by atoms with Crippen LogP contribution in [0.5, 0.6) is 0 Å². The molecule has 9 nitrogen and oxygen atoms in total. The van der Waals surface area contributed by atoms with Gasteiger partial charge >= 0.3 is 0 Å². The van der Waals surface area contributed by atoms with Crippen LogP contribution in [0.25, 0.3) is 0 Å². The van der Waals surface area contributed by atoms with Gasteiger partial charge in [-0.25, -0.2) is 4.68 Å². The number of nitrogens with zero attached hydrogens (tertiary/aromatic N) is 4. The maximum atomic E-state index is 12.1. The first-order valence-electron chi connectivity index (χ1n) is 7.31. The molecule has 0 radical (unpaired) electrons. The lowest BCUT2D eigenvalue weighted by Crippen LogP contribution is -2.19. The lowest BCUT2D eigenvalue weighted by molar-refractivity contribution is -0.113. The largest absolute Gasteiger partial charge is 0.376 e. The van der Waals surface area contributed by atoms with E-state index in [4.69, 9.17) is 10.5 Å². The van der Waals surface area contributed by atoms with Crippen molar-refractivity contribution in [3.05, 3.63) is 17.0 Å². The molecule has 1 atom stereocenters. The molecular formula is C13H16N6O3S2. The molecule has 2 amide bonds. The summed E-state index contributed by atoms with van der Waals surface area (Å²) in [5.74, 6) is -0.696. The molecule has 3 N–H and O–H groups in total. The van der Waals surface area contributed by atoms with Gasteiger partial charge in [0, 0.05) is 6.61 Å². The zero-order valence-electron chi connectivity index (χ0n) is 12.7. The second-order valence-electron chi connectivity index (χ2n) is 5.14. The molecule has 2 aromatic heterocycles. The summed E-state index contributed by atoms with van der Waals surface area (Å²) in [4.78, 5) is 23.3. The molecule has 0 saturated carbocycles. The Labute approximate surface area is 145 Å². The van der Waals surface area contributed by atoms with E-state index in [-0.39, 0.29) is 17.8 Å². The summed E-state index contributed by atoms with van der Waals surface area (Å²) in [7, 11) is 0. The number of ether oxygens (including phenoxy) is 1. The zero-order chi connectivity index (χ0) is 16.9. The van der Waals surface area contributed by atoms with Crippen LogP contribution in [-0.2, 0) is 16.1 Å². The lowest BCUT2D eigenvalue weighted by atomic mass is 10.2. The second-order valence-corrected chi connectivity index (χ2v) is 7.00. The van der Waals surface area contributed by atoms with Gasteiger partial charge in [-0.1, -0.05) is 11.8 Å². The summed E-state index contributed by atoms with van der Waals surface area (Å²) >= 11 is 2.48. The van der Waals surface area contributed by atoms with Gasteiger partial charge < -0.3 is 15.8 Å². The highest BCUT2D eigenvalue weighted by molar-refractivity contribution is 7.99. The maximum Gasteiger partial charge on any atom is 0.251 e. The van der Waals surface area contributed by atoms with E-state index in [1.807, 2.05) is 0 Å². The highest BCUT2D eigenvalue weighted by Gasteiger charge is 2.19. The standard InChI is InChI=1S/C13H16N6O3S2/c14-11(21)9-3-5-23-12(9)15-10(20)7-24-13-16-17-18-19(13)6-8-2-1-4-22-8/h3,5,8H,1-2,4,6-7H2,(H2,14,21)(H,15,20). The minimum atomic E-state index is -0.570. The second kappa shape index (κ2) is 7.73. The predicted octanol–water partition coefficient (Wildman–Crippen LogP) is 0.743. The number of thioether (sulfide) groups is 1. The van der Waals surface area contributed by atoms with E-state index >= 15 is 0 Å². The molecule has 1 fully saturated rings. The van der Waals surface area contributed by atoms with E-state index in [1.165, 1.54) is 23.1 Å². The first kappa shape index (κ1) is 16.9. The van der Waals surface area contributed by atoms with E-state index in [1.54, 1.807) is 16.1 Å². The van der Waals surface area contributed by atoms with Crippen LogP contribution in [0.2, 0.25) is 0 Å². The third-order valence-corrected chi connectivity index (χ3v) is 5.20. The Balaban J connectivity index is 1.54. The number of tetrazole rings is 1. The molecular weight excluding hydrogens is 352 g/mol. The fraction of sp³-hybridized carbons (Fsp3) is 0.462. The van der Waals surface area contributed by atoms with Crippen molar-refractivity contribution >= 4 is 39.9 Å². The van der Waals surface area contributed by atoms with E-state index in [0.717, 1.165) is 19.4 Å². The van der Waals surface area contributed by atoms with Crippen molar-refractivity contribution in [3.8, 4) is 0 Å². The molecule has 1 saturated heterocycles. The Hall–Kier alpha value is -1.98. The van der Waals surface area contributed by atoms with E-state index < -0.39 is 5.91 Å². The Morgan fingerprint density at radius 2 is 2.42 bits per heavy atom. The molecule has 0 bridgehead atoms. The molecule has 1 aliphatic rings. The van der Waals surface area contributed by atoms with Crippen LogP contribution in [0.15, 0.2) is 16.6 Å². The predicted molar refractivity (Wildman–Crippen MR) is 89.0 cm³/mol. The molecule has 3 rings (SSSR count). The Morgan fingerprint density at radius 3 is 3.17 bits per heavy atom. The Bertz CT molecular complexity index is 725. The highest BCUT2D eigenvalue weighted by Crippen LogP contribution is 2.23. The fourth-order valence-corrected chi connectivity index (χ4v) is 3.78. The molecule has 11 heteroatoms. The number of hydrogen-bond donors (Lipinski definition) is 2. The number of nitrogens with one attached hydrogen (secondary N) is 1. The summed E-state index contributed by atoms with van der Waals surface area (Å²) in [5.41, 5.74) is 5.56. The summed E-state index contributed by atoms with van der Waals surface area (Å²) in [6.45, 7) is 1.34. The third kappa shape index (κ3) is 4.10. The van der Waals surface area contributed by atoms with Crippen molar-refractivity contribution in [2.75, 3.05) is 17.7 Å². The normalized spacial score (nSPS) is 17.1. The topological polar surface area (TPSA) is 125 Å². The van der Waals surface area contributed by atoms with Crippen molar-refractivity contribution < 1.29 is 14.3 Å². The number of thiophene rings is 1. The SMILES string of the molecule is NC(=O)c1ccsc1NC(=O)CSc1nnnn1CC1CCCO1. The molecule has 24 heavy (non-hydrogen) atoms. The van der Waals surface area contributed by atoms with Crippen molar-refractivity contribution in [2.24, 2.45) is 5.73 Å². The number of carbonyl (C=O) groups excluding carboxylic acids is 2. The molecule has 1 aliphatic heterocycles. The Kier molecular flexibility index (Phi) is 5.43. The van der Waals surface area contributed by atoms with Crippen LogP contribution in [0, 0.1) is 0 Å². The smallest absolute Gasteiger partial charge is 0.251 e. The molecule has 1 unspecified atom stereocenters.